The lowest BCUT2D eigenvalue weighted by Gasteiger charge is -2.01. The fourth-order valence-electron chi connectivity index (χ4n) is 1.23. The normalized spacial score (nSPS) is 10.5. The second kappa shape index (κ2) is 6.60. The molecule has 1 heterocycles. The highest BCUT2D eigenvalue weighted by Gasteiger charge is 1.91. The lowest BCUT2D eigenvalue weighted by molar-refractivity contribution is 0.531. The molecule has 0 aromatic carbocycles. The summed E-state index contributed by atoms with van der Waals surface area (Å²) in [6.07, 6.45) is 7.05. The Morgan fingerprint density at radius 2 is 2.23 bits per heavy atom. The van der Waals surface area contributed by atoms with Crippen molar-refractivity contribution in [2.24, 2.45) is 0 Å². The van der Waals surface area contributed by atoms with Gasteiger partial charge in [0.05, 0.1) is 0 Å². The second-order valence-electron chi connectivity index (χ2n) is 3.07. The average Bonchev–Trinajstić information content (AvgIpc) is 2.63. The summed E-state index contributed by atoms with van der Waals surface area (Å²) < 4.78 is 1.88. The number of aryl methyl sites for hydroxylation is 1. The quantitative estimate of drug-likeness (QED) is 0.641. The van der Waals surface area contributed by atoms with E-state index in [2.05, 4.69) is 22.3 Å². The molecule has 1 aromatic rings. The highest BCUT2D eigenvalue weighted by atomic mass is 15.3. The highest BCUT2D eigenvalue weighted by Crippen LogP contribution is 1.96. The number of unbranched alkanes of at least 4 members (excludes halogenated alkanes) is 2. The molecule has 4 heteroatoms. The van der Waals surface area contributed by atoms with E-state index in [9.17, 15) is 0 Å². The smallest absolute Gasteiger partial charge is 0.137 e. The molecule has 0 saturated carbocycles. The molecule has 1 aromatic heterocycles. The van der Waals surface area contributed by atoms with E-state index in [1.54, 1.807) is 12.7 Å². The van der Waals surface area contributed by atoms with Crippen LogP contribution in [0.1, 0.15) is 26.2 Å². The van der Waals surface area contributed by atoms with Gasteiger partial charge in [0.15, 0.2) is 0 Å². The van der Waals surface area contributed by atoms with Gasteiger partial charge in [-0.3, -0.25) is 4.68 Å². The number of hydrogen-bond donors (Lipinski definition) is 1. The molecule has 1 rings (SSSR count). The maximum Gasteiger partial charge on any atom is 0.137 e. The average molecular weight is 182 g/mol. The molecular weight excluding hydrogens is 164 g/mol. The van der Waals surface area contributed by atoms with Crippen molar-refractivity contribution in [2.45, 2.75) is 32.7 Å². The lowest BCUT2D eigenvalue weighted by atomic mass is 10.2. The van der Waals surface area contributed by atoms with E-state index in [0.29, 0.717) is 0 Å². The minimum atomic E-state index is 0.992. The van der Waals surface area contributed by atoms with Gasteiger partial charge in [-0.05, 0) is 25.9 Å². The highest BCUT2D eigenvalue weighted by molar-refractivity contribution is 4.56. The van der Waals surface area contributed by atoms with E-state index in [-0.39, 0.29) is 0 Å². The van der Waals surface area contributed by atoms with Gasteiger partial charge < -0.3 is 5.32 Å². The van der Waals surface area contributed by atoms with Crippen LogP contribution in [0, 0.1) is 0 Å². The van der Waals surface area contributed by atoms with Crippen molar-refractivity contribution in [3.63, 3.8) is 0 Å². The fraction of sp³-hybridized carbons (Fsp3) is 0.778. The molecule has 0 radical (unpaired) electrons. The maximum atomic E-state index is 4.04. The van der Waals surface area contributed by atoms with E-state index in [4.69, 9.17) is 0 Å². The Labute approximate surface area is 79.4 Å². The number of hydrogen-bond acceptors (Lipinski definition) is 3. The van der Waals surface area contributed by atoms with E-state index < -0.39 is 0 Å². The Morgan fingerprint density at radius 1 is 1.31 bits per heavy atom. The van der Waals surface area contributed by atoms with Crippen LogP contribution in [0.2, 0.25) is 0 Å². The Kier molecular flexibility index (Phi) is 5.17. The molecule has 0 aliphatic rings. The maximum absolute atomic E-state index is 4.04. The third kappa shape index (κ3) is 4.62. The summed E-state index contributed by atoms with van der Waals surface area (Å²) in [7, 11) is 0. The molecule has 1 N–H and O–H groups in total. The van der Waals surface area contributed by atoms with Gasteiger partial charge in [0, 0.05) is 6.54 Å². The van der Waals surface area contributed by atoms with Crippen molar-refractivity contribution in [3.05, 3.63) is 12.7 Å². The van der Waals surface area contributed by atoms with Crippen LogP contribution in [0.4, 0.5) is 0 Å². The summed E-state index contributed by atoms with van der Waals surface area (Å²) in [5.74, 6) is 0. The zero-order valence-electron chi connectivity index (χ0n) is 8.24. The van der Waals surface area contributed by atoms with Gasteiger partial charge in [-0.25, -0.2) is 4.98 Å². The van der Waals surface area contributed by atoms with Gasteiger partial charge in [-0.1, -0.05) is 13.3 Å². The Morgan fingerprint density at radius 3 is 2.92 bits per heavy atom. The van der Waals surface area contributed by atoms with Gasteiger partial charge in [-0.2, -0.15) is 5.10 Å². The minimum absolute atomic E-state index is 0.992. The summed E-state index contributed by atoms with van der Waals surface area (Å²) in [4.78, 5) is 3.89. The molecule has 0 aliphatic heterocycles. The summed E-state index contributed by atoms with van der Waals surface area (Å²) >= 11 is 0. The molecule has 0 fully saturated rings. The predicted octanol–water partition coefficient (Wildman–Crippen LogP) is 1.06. The summed E-state index contributed by atoms with van der Waals surface area (Å²) in [5, 5.41) is 7.35. The number of aromatic nitrogens is 3. The Balaban J connectivity index is 1.90. The molecule has 0 aliphatic carbocycles. The first kappa shape index (κ1) is 10.2. The van der Waals surface area contributed by atoms with E-state index in [1.807, 2.05) is 4.68 Å². The van der Waals surface area contributed by atoms with Crippen molar-refractivity contribution >= 4 is 0 Å². The first-order chi connectivity index (χ1) is 6.43. The zero-order valence-corrected chi connectivity index (χ0v) is 8.24. The van der Waals surface area contributed by atoms with Crippen molar-refractivity contribution in [1.82, 2.24) is 20.1 Å². The van der Waals surface area contributed by atoms with E-state index in [0.717, 1.165) is 19.6 Å². The minimum Gasteiger partial charge on any atom is -0.317 e. The van der Waals surface area contributed by atoms with Gasteiger partial charge in [0.1, 0.15) is 12.7 Å². The molecule has 74 valence electrons. The Bertz CT molecular complexity index is 195. The largest absolute Gasteiger partial charge is 0.317 e. The summed E-state index contributed by atoms with van der Waals surface area (Å²) in [5.41, 5.74) is 0. The number of nitrogens with one attached hydrogen (secondary N) is 1. The van der Waals surface area contributed by atoms with Crippen LogP contribution in [0.15, 0.2) is 12.7 Å². The monoisotopic (exact) mass is 182 g/mol. The van der Waals surface area contributed by atoms with Crippen LogP contribution in [-0.4, -0.2) is 27.9 Å². The topological polar surface area (TPSA) is 42.7 Å². The van der Waals surface area contributed by atoms with Crippen molar-refractivity contribution < 1.29 is 0 Å². The summed E-state index contributed by atoms with van der Waals surface area (Å²) in [6.45, 7) is 5.33. The molecular formula is C9H18N4. The zero-order chi connectivity index (χ0) is 9.36. The SMILES string of the molecule is CCNCCCCCn1cncn1. The predicted molar refractivity (Wildman–Crippen MR) is 52.4 cm³/mol. The van der Waals surface area contributed by atoms with Gasteiger partial charge in [0.2, 0.25) is 0 Å². The fourth-order valence-corrected chi connectivity index (χ4v) is 1.23. The van der Waals surface area contributed by atoms with Crippen LogP contribution in [0.5, 0.6) is 0 Å². The van der Waals surface area contributed by atoms with E-state index in [1.165, 1.54) is 19.3 Å². The molecule has 4 nitrogen and oxygen atoms in total. The van der Waals surface area contributed by atoms with Crippen molar-refractivity contribution in [2.75, 3.05) is 13.1 Å². The van der Waals surface area contributed by atoms with Gasteiger partial charge in [0.25, 0.3) is 0 Å². The molecule has 0 amide bonds. The Hall–Kier alpha value is -0.900. The second-order valence-corrected chi connectivity index (χ2v) is 3.07. The molecule has 0 saturated heterocycles. The van der Waals surface area contributed by atoms with Crippen molar-refractivity contribution in [1.29, 1.82) is 0 Å². The van der Waals surface area contributed by atoms with E-state index >= 15 is 0 Å². The number of rotatable bonds is 7. The lowest BCUT2D eigenvalue weighted by Crippen LogP contribution is -2.13. The standard InChI is InChI=1S/C9H18N4/c1-2-10-6-4-3-5-7-13-9-11-8-12-13/h8-10H,2-7H2,1H3. The third-order valence-corrected chi connectivity index (χ3v) is 1.96. The van der Waals surface area contributed by atoms with Crippen LogP contribution in [-0.2, 0) is 6.54 Å². The van der Waals surface area contributed by atoms with Gasteiger partial charge >= 0.3 is 0 Å². The molecule has 0 unspecified atom stereocenters. The molecule has 0 atom stereocenters. The van der Waals surface area contributed by atoms with Crippen LogP contribution in [0.3, 0.4) is 0 Å². The molecule has 0 spiro atoms. The van der Waals surface area contributed by atoms with Crippen LogP contribution < -0.4 is 5.32 Å². The van der Waals surface area contributed by atoms with Crippen molar-refractivity contribution in [3.8, 4) is 0 Å². The first-order valence-electron chi connectivity index (χ1n) is 4.96. The molecule has 0 bridgehead atoms. The first-order valence-corrected chi connectivity index (χ1v) is 4.96. The van der Waals surface area contributed by atoms with Crippen LogP contribution in [0.25, 0.3) is 0 Å². The third-order valence-electron chi connectivity index (χ3n) is 1.96. The number of nitrogens with zero attached hydrogens (tertiary/aromatic N) is 3. The molecule has 13 heavy (non-hydrogen) atoms. The summed E-state index contributed by atoms with van der Waals surface area (Å²) in [6, 6.07) is 0. The van der Waals surface area contributed by atoms with Crippen LogP contribution >= 0.6 is 0 Å². The van der Waals surface area contributed by atoms with Gasteiger partial charge in [-0.15, -0.1) is 0 Å².